The van der Waals surface area contributed by atoms with Crippen molar-refractivity contribution in [1.82, 2.24) is 0 Å². The zero-order valence-corrected chi connectivity index (χ0v) is 7.12. The Morgan fingerprint density at radius 1 is 1.50 bits per heavy atom. The van der Waals surface area contributed by atoms with Gasteiger partial charge >= 0.3 is 67.5 Å². The van der Waals surface area contributed by atoms with Crippen molar-refractivity contribution in [1.29, 1.82) is 0 Å². The van der Waals surface area contributed by atoms with Gasteiger partial charge in [-0.3, -0.25) is 0 Å². The summed E-state index contributed by atoms with van der Waals surface area (Å²) >= 11 is 2.36. The molecule has 1 rings (SSSR count). The SMILES string of the molecule is NC(=O)c1cccc([As])c1. The van der Waals surface area contributed by atoms with Gasteiger partial charge in [0.15, 0.2) is 0 Å². The number of nitrogens with two attached hydrogens (primary N) is 1. The molecule has 0 aliphatic heterocycles. The van der Waals surface area contributed by atoms with Crippen molar-refractivity contribution in [3.8, 4) is 0 Å². The first-order chi connectivity index (χ1) is 4.70. The van der Waals surface area contributed by atoms with Crippen LogP contribution in [-0.2, 0) is 0 Å². The molecule has 0 bridgehead atoms. The van der Waals surface area contributed by atoms with E-state index >= 15 is 0 Å². The molecule has 2 radical (unpaired) electrons. The molecule has 1 aromatic carbocycles. The van der Waals surface area contributed by atoms with E-state index in [1.54, 1.807) is 18.2 Å². The molecular formula is C7H6AsNO. The first kappa shape index (κ1) is 7.36. The van der Waals surface area contributed by atoms with Gasteiger partial charge in [0, 0.05) is 0 Å². The normalized spacial score (nSPS) is 9.30. The van der Waals surface area contributed by atoms with Crippen molar-refractivity contribution >= 4 is 27.1 Å². The summed E-state index contributed by atoms with van der Waals surface area (Å²) < 4.78 is 0.990. The number of carbonyl (C=O) groups excluding carboxylic acids is 1. The maximum atomic E-state index is 10.6. The number of rotatable bonds is 1. The molecule has 2 nitrogen and oxygen atoms in total. The molecule has 3 heteroatoms. The second kappa shape index (κ2) is 2.89. The molecule has 50 valence electrons. The zero-order chi connectivity index (χ0) is 7.56. The zero-order valence-electron chi connectivity index (χ0n) is 5.24. The Kier molecular flexibility index (Phi) is 2.13. The summed E-state index contributed by atoms with van der Waals surface area (Å²) in [5, 5.41) is 0. The van der Waals surface area contributed by atoms with Crippen LogP contribution >= 0.6 is 0 Å². The number of primary amides is 1. The van der Waals surface area contributed by atoms with Gasteiger partial charge in [0.2, 0.25) is 0 Å². The van der Waals surface area contributed by atoms with Crippen LogP contribution in [0.5, 0.6) is 0 Å². The Morgan fingerprint density at radius 3 is 2.60 bits per heavy atom. The van der Waals surface area contributed by atoms with Crippen LogP contribution < -0.4 is 10.1 Å². The Bertz CT molecular complexity index is 260. The molecular weight excluding hydrogens is 189 g/mol. The average Bonchev–Trinajstić information content (AvgIpc) is 1.88. The van der Waals surface area contributed by atoms with Crippen LogP contribution in [0.25, 0.3) is 0 Å². The van der Waals surface area contributed by atoms with Crippen LogP contribution in [0.15, 0.2) is 24.3 Å². The molecule has 0 heterocycles. The minimum absolute atomic E-state index is 0.382. The van der Waals surface area contributed by atoms with Crippen molar-refractivity contribution in [2.24, 2.45) is 5.73 Å². The molecule has 10 heavy (non-hydrogen) atoms. The van der Waals surface area contributed by atoms with E-state index in [0.717, 1.165) is 4.35 Å². The fraction of sp³-hybridized carbons (Fsp3) is 0. The Morgan fingerprint density at radius 2 is 2.20 bits per heavy atom. The van der Waals surface area contributed by atoms with Gasteiger partial charge in [-0.1, -0.05) is 0 Å². The third-order valence-corrected chi connectivity index (χ3v) is 1.71. The van der Waals surface area contributed by atoms with Gasteiger partial charge in [0.1, 0.15) is 0 Å². The Hall–Kier alpha value is -0.752. The van der Waals surface area contributed by atoms with Crippen LogP contribution in [0.3, 0.4) is 0 Å². The van der Waals surface area contributed by atoms with E-state index in [1.165, 1.54) is 0 Å². The van der Waals surface area contributed by atoms with Crippen molar-refractivity contribution in [2.75, 3.05) is 0 Å². The molecule has 1 aromatic rings. The predicted octanol–water partition coefficient (Wildman–Crippen LogP) is -0.421. The van der Waals surface area contributed by atoms with Crippen molar-refractivity contribution < 1.29 is 4.79 Å². The summed E-state index contributed by atoms with van der Waals surface area (Å²) in [6.45, 7) is 0. The molecule has 0 aliphatic rings. The van der Waals surface area contributed by atoms with Gasteiger partial charge < -0.3 is 0 Å². The van der Waals surface area contributed by atoms with E-state index in [9.17, 15) is 4.79 Å². The van der Waals surface area contributed by atoms with E-state index in [4.69, 9.17) is 5.73 Å². The van der Waals surface area contributed by atoms with Crippen LogP contribution in [0.4, 0.5) is 0 Å². The van der Waals surface area contributed by atoms with Gasteiger partial charge in [0.25, 0.3) is 0 Å². The molecule has 1 amide bonds. The van der Waals surface area contributed by atoms with Gasteiger partial charge in [0.05, 0.1) is 0 Å². The van der Waals surface area contributed by atoms with E-state index in [-0.39, 0.29) is 5.91 Å². The fourth-order valence-corrected chi connectivity index (χ4v) is 1.13. The molecule has 0 fully saturated rings. The summed E-state index contributed by atoms with van der Waals surface area (Å²) in [6.07, 6.45) is 0. The van der Waals surface area contributed by atoms with Crippen LogP contribution in [0, 0.1) is 0 Å². The molecule has 0 saturated carbocycles. The first-order valence-electron chi connectivity index (χ1n) is 2.79. The number of amides is 1. The molecule has 0 aromatic heterocycles. The summed E-state index contributed by atoms with van der Waals surface area (Å²) in [5.74, 6) is -0.382. The van der Waals surface area contributed by atoms with Crippen LogP contribution in [0.2, 0.25) is 0 Å². The summed E-state index contributed by atoms with van der Waals surface area (Å²) in [7, 11) is 0. The monoisotopic (exact) mass is 195 g/mol. The topological polar surface area (TPSA) is 43.1 Å². The van der Waals surface area contributed by atoms with Gasteiger partial charge in [-0.15, -0.1) is 0 Å². The second-order valence-corrected chi connectivity index (χ2v) is 3.00. The van der Waals surface area contributed by atoms with Gasteiger partial charge in [-0.2, -0.15) is 0 Å². The number of carbonyl (C=O) groups is 1. The Labute approximate surface area is 67.9 Å². The molecule has 0 spiro atoms. The van der Waals surface area contributed by atoms with E-state index < -0.39 is 0 Å². The Balaban J connectivity index is 3.07. The quantitative estimate of drug-likeness (QED) is 0.607. The average molecular weight is 195 g/mol. The minimum atomic E-state index is -0.382. The molecule has 0 aliphatic carbocycles. The first-order valence-corrected chi connectivity index (χ1v) is 3.73. The summed E-state index contributed by atoms with van der Waals surface area (Å²) in [6, 6.07) is 7.13. The van der Waals surface area contributed by atoms with Crippen LogP contribution in [0.1, 0.15) is 10.4 Å². The standard InChI is InChI=1S/C7H6AsNO/c8-6-3-1-2-5(4-6)7(9)10/h1-4H,(H2,9,10). The maximum absolute atomic E-state index is 10.6. The predicted molar refractivity (Wildman–Crippen MR) is 40.3 cm³/mol. The summed E-state index contributed by atoms with van der Waals surface area (Å²) in [5.41, 5.74) is 5.59. The number of hydrogen-bond acceptors (Lipinski definition) is 1. The van der Waals surface area contributed by atoms with Crippen molar-refractivity contribution in [3.63, 3.8) is 0 Å². The third kappa shape index (κ3) is 1.61. The molecule has 0 saturated heterocycles. The van der Waals surface area contributed by atoms with Gasteiger partial charge in [-0.25, -0.2) is 0 Å². The second-order valence-electron chi connectivity index (χ2n) is 1.91. The van der Waals surface area contributed by atoms with Gasteiger partial charge in [-0.05, 0) is 0 Å². The van der Waals surface area contributed by atoms with E-state index in [1.807, 2.05) is 6.07 Å². The van der Waals surface area contributed by atoms with E-state index in [0.29, 0.717) is 5.56 Å². The van der Waals surface area contributed by atoms with Crippen LogP contribution in [-0.4, -0.2) is 22.8 Å². The van der Waals surface area contributed by atoms with Crippen molar-refractivity contribution in [3.05, 3.63) is 29.8 Å². The number of benzene rings is 1. The van der Waals surface area contributed by atoms with Crippen molar-refractivity contribution in [2.45, 2.75) is 0 Å². The third-order valence-electron chi connectivity index (χ3n) is 1.13. The van der Waals surface area contributed by atoms with E-state index in [2.05, 4.69) is 16.9 Å². The number of hydrogen-bond donors (Lipinski definition) is 1. The molecule has 0 unspecified atom stereocenters. The molecule has 0 atom stereocenters. The summed E-state index contributed by atoms with van der Waals surface area (Å²) in [4.78, 5) is 10.6. The molecule has 2 N–H and O–H groups in total. The fourth-order valence-electron chi connectivity index (χ4n) is 0.659.